The van der Waals surface area contributed by atoms with E-state index in [0.29, 0.717) is 25.8 Å². The van der Waals surface area contributed by atoms with E-state index in [9.17, 15) is 10.1 Å². The van der Waals surface area contributed by atoms with Crippen LogP contribution >= 0.6 is 0 Å². The van der Waals surface area contributed by atoms with Crippen LogP contribution in [0.2, 0.25) is 0 Å². The molecule has 0 N–H and O–H groups in total. The molecule has 1 fully saturated rings. The molecule has 0 unspecified atom stereocenters. The van der Waals surface area contributed by atoms with Gasteiger partial charge in [-0.3, -0.25) is 4.79 Å². The molecule has 0 atom stereocenters. The van der Waals surface area contributed by atoms with Crippen molar-refractivity contribution in [3.8, 4) is 12.1 Å². The maximum absolute atomic E-state index is 12.8. The number of amides is 1. The molecule has 0 radical (unpaired) electrons. The van der Waals surface area contributed by atoms with Crippen LogP contribution in [0.4, 0.5) is 0 Å². The third-order valence-electron chi connectivity index (χ3n) is 3.69. The summed E-state index contributed by atoms with van der Waals surface area (Å²) < 4.78 is 0. The molecule has 0 spiro atoms. The van der Waals surface area contributed by atoms with Crippen LogP contribution in [-0.2, 0) is 4.79 Å². The minimum atomic E-state index is -0.873. The smallest absolute Gasteiger partial charge is 0.243 e. The minimum Gasteiger partial charge on any atom is -0.337 e. The number of rotatable bonds is 8. The van der Waals surface area contributed by atoms with Crippen LogP contribution < -0.4 is 0 Å². The van der Waals surface area contributed by atoms with Crippen LogP contribution in [0.5, 0.6) is 0 Å². The molecule has 1 aliphatic rings. The predicted molar refractivity (Wildman–Crippen MR) is 72.8 cm³/mol. The summed E-state index contributed by atoms with van der Waals surface area (Å²) in [5.41, 5.74) is -0.873. The molecule has 0 aromatic heterocycles. The molecule has 1 aliphatic carbocycles. The molecule has 0 aromatic carbocycles. The summed E-state index contributed by atoms with van der Waals surface area (Å²) in [6, 6.07) is 4.64. The highest BCUT2D eigenvalue weighted by Gasteiger charge is 2.44. The third-order valence-corrected chi connectivity index (χ3v) is 3.69. The van der Waals surface area contributed by atoms with E-state index in [4.69, 9.17) is 5.26 Å². The van der Waals surface area contributed by atoms with Gasteiger partial charge in [-0.2, -0.15) is 10.5 Å². The van der Waals surface area contributed by atoms with Crippen molar-refractivity contribution in [2.45, 2.75) is 64.8 Å². The Balaban J connectivity index is 2.89. The quantitative estimate of drug-likeness (QED) is 0.674. The average Bonchev–Trinajstić information content (AvgIpc) is 3.23. The van der Waals surface area contributed by atoms with E-state index in [-0.39, 0.29) is 11.9 Å². The number of carbonyl (C=O) groups excluding carboxylic acids is 1. The fraction of sp³-hybridized carbons (Fsp3) is 0.800. The summed E-state index contributed by atoms with van der Waals surface area (Å²) in [4.78, 5) is 14.5. The van der Waals surface area contributed by atoms with Gasteiger partial charge in [0, 0.05) is 12.6 Å². The molecule has 0 bridgehead atoms. The fourth-order valence-corrected chi connectivity index (χ4v) is 2.63. The summed E-state index contributed by atoms with van der Waals surface area (Å²) in [6.07, 6.45) is 5.26. The Kier molecular flexibility index (Phi) is 5.83. The van der Waals surface area contributed by atoms with Crippen LogP contribution in [-0.4, -0.2) is 23.4 Å². The topological polar surface area (TPSA) is 67.9 Å². The normalized spacial score (nSPS) is 14.5. The van der Waals surface area contributed by atoms with Gasteiger partial charge in [-0.15, -0.1) is 0 Å². The molecule has 0 saturated heterocycles. The molecule has 104 valence electrons. The lowest BCUT2D eigenvalue weighted by molar-refractivity contribution is -0.140. The van der Waals surface area contributed by atoms with Gasteiger partial charge in [-0.1, -0.05) is 26.7 Å². The number of carbonyl (C=O) groups is 1. The Morgan fingerprint density at radius 2 is 1.84 bits per heavy atom. The number of nitriles is 2. The number of hydrogen-bond acceptors (Lipinski definition) is 3. The molecule has 1 amide bonds. The first-order chi connectivity index (χ1) is 9.15. The molecule has 4 heteroatoms. The third kappa shape index (κ3) is 3.70. The highest BCUT2D eigenvalue weighted by molar-refractivity contribution is 5.86. The Bertz CT molecular complexity index is 381. The molecular weight excluding hydrogens is 238 g/mol. The van der Waals surface area contributed by atoms with Crippen molar-refractivity contribution in [1.82, 2.24) is 4.90 Å². The van der Waals surface area contributed by atoms with Crippen molar-refractivity contribution in [2.24, 2.45) is 5.41 Å². The summed E-state index contributed by atoms with van der Waals surface area (Å²) in [6.45, 7) is 4.48. The van der Waals surface area contributed by atoms with Gasteiger partial charge in [0.1, 0.15) is 5.41 Å². The van der Waals surface area contributed by atoms with Crippen LogP contribution in [0, 0.1) is 28.1 Å². The van der Waals surface area contributed by atoms with E-state index < -0.39 is 5.41 Å². The second-order valence-electron chi connectivity index (χ2n) is 5.33. The molecule has 0 heterocycles. The first-order valence-electron chi connectivity index (χ1n) is 7.24. The lowest BCUT2D eigenvalue weighted by atomic mass is 9.79. The van der Waals surface area contributed by atoms with Gasteiger partial charge < -0.3 is 4.90 Å². The zero-order chi connectivity index (χ0) is 14.3. The summed E-state index contributed by atoms with van der Waals surface area (Å²) in [5.74, 6) is -0.0450. The van der Waals surface area contributed by atoms with Crippen LogP contribution in [0.1, 0.15) is 58.8 Å². The largest absolute Gasteiger partial charge is 0.337 e. The second-order valence-corrected chi connectivity index (χ2v) is 5.33. The average molecular weight is 261 g/mol. The first kappa shape index (κ1) is 15.5. The minimum absolute atomic E-state index is 0.0450. The van der Waals surface area contributed by atoms with Gasteiger partial charge in [-0.25, -0.2) is 0 Å². The lowest BCUT2D eigenvalue weighted by Crippen LogP contribution is -2.45. The summed E-state index contributed by atoms with van der Waals surface area (Å²) >= 11 is 0. The lowest BCUT2D eigenvalue weighted by Gasteiger charge is -2.32. The van der Waals surface area contributed by atoms with E-state index in [1.807, 2.05) is 13.8 Å². The van der Waals surface area contributed by atoms with Crippen molar-refractivity contribution >= 4 is 5.91 Å². The summed E-state index contributed by atoms with van der Waals surface area (Å²) in [5, 5.41) is 18.2. The molecular formula is C15H23N3O. The standard InChI is InChI=1S/C15H23N3O/c1-3-8-15(12-17,9-4-2)14(19)18(11-5-10-16)13-6-7-13/h13H,3-9,11H2,1-2H3. The van der Waals surface area contributed by atoms with Crippen molar-refractivity contribution in [3.05, 3.63) is 0 Å². The van der Waals surface area contributed by atoms with Crippen molar-refractivity contribution in [3.63, 3.8) is 0 Å². The molecule has 1 rings (SSSR count). The zero-order valence-corrected chi connectivity index (χ0v) is 12.0. The maximum atomic E-state index is 12.8. The van der Waals surface area contributed by atoms with E-state index >= 15 is 0 Å². The Labute approximate surface area is 116 Å². The van der Waals surface area contributed by atoms with Gasteiger partial charge in [0.25, 0.3) is 0 Å². The Morgan fingerprint density at radius 1 is 1.26 bits per heavy atom. The molecule has 19 heavy (non-hydrogen) atoms. The van der Waals surface area contributed by atoms with Crippen LogP contribution in [0.25, 0.3) is 0 Å². The van der Waals surface area contributed by atoms with E-state index in [1.165, 1.54) is 0 Å². The first-order valence-corrected chi connectivity index (χ1v) is 7.24. The molecule has 0 aromatic rings. The van der Waals surface area contributed by atoms with Crippen molar-refractivity contribution in [1.29, 1.82) is 10.5 Å². The van der Waals surface area contributed by atoms with Crippen LogP contribution in [0.15, 0.2) is 0 Å². The SMILES string of the molecule is CCCC(C#N)(CCC)C(=O)N(CCC#N)C1CC1. The van der Waals surface area contributed by atoms with E-state index in [2.05, 4.69) is 12.1 Å². The molecule has 4 nitrogen and oxygen atoms in total. The zero-order valence-electron chi connectivity index (χ0n) is 12.0. The highest BCUT2D eigenvalue weighted by atomic mass is 16.2. The van der Waals surface area contributed by atoms with Gasteiger partial charge >= 0.3 is 0 Å². The van der Waals surface area contributed by atoms with Crippen LogP contribution in [0.3, 0.4) is 0 Å². The Hall–Kier alpha value is -1.55. The van der Waals surface area contributed by atoms with Crippen molar-refractivity contribution < 1.29 is 4.79 Å². The molecule has 1 saturated carbocycles. The highest BCUT2D eigenvalue weighted by Crippen LogP contribution is 2.36. The van der Waals surface area contributed by atoms with E-state index in [1.54, 1.807) is 4.90 Å². The van der Waals surface area contributed by atoms with Crippen molar-refractivity contribution in [2.75, 3.05) is 6.54 Å². The number of nitrogens with zero attached hydrogens (tertiary/aromatic N) is 3. The van der Waals surface area contributed by atoms with Gasteiger partial charge in [0.05, 0.1) is 18.6 Å². The Morgan fingerprint density at radius 3 is 2.21 bits per heavy atom. The van der Waals surface area contributed by atoms with Gasteiger partial charge in [0.2, 0.25) is 5.91 Å². The fourth-order valence-electron chi connectivity index (χ4n) is 2.63. The number of hydrogen-bond donors (Lipinski definition) is 0. The van der Waals surface area contributed by atoms with Gasteiger partial charge in [0.15, 0.2) is 0 Å². The monoisotopic (exact) mass is 261 g/mol. The van der Waals surface area contributed by atoms with E-state index in [0.717, 1.165) is 25.7 Å². The second kappa shape index (κ2) is 7.14. The molecule has 0 aliphatic heterocycles. The van der Waals surface area contributed by atoms with Gasteiger partial charge in [-0.05, 0) is 25.7 Å². The summed E-state index contributed by atoms with van der Waals surface area (Å²) in [7, 11) is 0. The predicted octanol–water partition coefficient (Wildman–Crippen LogP) is 3.00. The maximum Gasteiger partial charge on any atom is 0.243 e.